The van der Waals surface area contributed by atoms with E-state index in [-0.39, 0.29) is 18.0 Å². The van der Waals surface area contributed by atoms with Gasteiger partial charge >= 0.3 is 0 Å². The van der Waals surface area contributed by atoms with Crippen LogP contribution in [0.5, 0.6) is 0 Å². The molecule has 90 valence electrons. The second-order valence-corrected chi connectivity index (χ2v) is 4.59. The molecule has 1 amide bonds. The average molecular weight is 223 g/mol. The van der Waals surface area contributed by atoms with Gasteiger partial charge in [0.25, 0.3) is 0 Å². The number of likely N-dealkylation sites (tertiary alicyclic amines) is 1. The molecule has 16 heavy (non-hydrogen) atoms. The molecule has 1 heterocycles. The van der Waals surface area contributed by atoms with Crippen LogP contribution < -0.4 is 0 Å². The van der Waals surface area contributed by atoms with E-state index in [1.807, 2.05) is 30.7 Å². The van der Waals surface area contributed by atoms with Crippen LogP contribution >= 0.6 is 0 Å². The number of likely N-dealkylation sites (N-methyl/N-ethyl adjacent to an activating group) is 1. The fourth-order valence-corrected chi connectivity index (χ4v) is 2.03. The molecule has 0 saturated carbocycles. The maximum atomic E-state index is 12.1. The quantitative estimate of drug-likeness (QED) is 0.720. The van der Waals surface area contributed by atoms with Crippen LogP contribution in [0.1, 0.15) is 33.1 Å². The van der Waals surface area contributed by atoms with Gasteiger partial charge in [-0.1, -0.05) is 0 Å². The maximum Gasteiger partial charge on any atom is 0.239 e. The summed E-state index contributed by atoms with van der Waals surface area (Å²) in [5.41, 5.74) is 0. The van der Waals surface area contributed by atoms with Crippen molar-refractivity contribution in [3.8, 4) is 6.07 Å². The van der Waals surface area contributed by atoms with Gasteiger partial charge in [-0.15, -0.1) is 0 Å². The Hall–Kier alpha value is -1.08. The molecule has 0 radical (unpaired) electrons. The first-order valence-corrected chi connectivity index (χ1v) is 5.95. The molecule has 1 rings (SSSR count). The van der Waals surface area contributed by atoms with Crippen LogP contribution in [0.3, 0.4) is 0 Å². The van der Waals surface area contributed by atoms with Gasteiger partial charge < -0.3 is 4.90 Å². The molecular formula is C12H21N3O. The van der Waals surface area contributed by atoms with Gasteiger partial charge in [-0.2, -0.15) is 5.26 Å². The van der Waals surface area contributed by atoms with Gasteiger partial charge in [-0.25, -0.2) is 0 Å². The predicted molar refractivity (Wildman–Crippen MR) is 62.7 cm³/mol. The van der Waals surface area contributed by atoms with Crippen LogP contribution in [0.2, 0.25) is 0 Å². The smallest absolute Gasteiger partial charge is 0.239 e. The molecule has 4 nitrogen and oxygen atoms in total. The normalized spacial score (nSPS) is 19.6. The van der Waals surface area contributed by atoms with Crippen LogP contribution in [-0.4, -0.2) is 47.9 Å². The van der Waals surface area contributed by atoms with E-state index in [1.54, 1.807) is 0 Å². The standard InChI is InChI=1S/C12H21N3O/c1-10(6-7-13)14(3)11(2)12(16)15-8-4-5-9-15/h10-11H,4-6,8-9H2,1-3H3. The van der Waals surface area contributed by atoms with Crippen LogP contribution in [-0.2, 0) is 4.79 Å². The van der Waals surface area contributed by atoms with Crippen LogP contribution in [0.15, 0.2) is 0 Å². The minimum absolute atomic E-state index is 0.124. The molecule has 0 aromatic carbocycles. The lowest BCUT2D eigenvalue weighted by atomic mass is 10.1. The first-order valence-electron chi connectivity index (χ1n) is 5.95. The van der Waals surface area contributed by atoms with Gasteiger partial charge in [-0.3, -0.25) is 9.69 Å². The highest BCUT2D eigenvalue weighted by atomic mass is 16.2. The summed E-state index contributed by atoms with van der Waals surface area (Å²) >= 11 is 0. The Morgan fingerprint density at radius 3 is 2.50 bits per heavy atom. The minimum atomic E-state index is -0.124. The number of hydrogen-bond donors (Lipinski definition) is 0. The highest BCUT2D eigenvalue weighted by molar-refractivity contribution is 5.81. The van der Waals surface area contributed by atoms with Crippen LogP contribution in [0, 0.1) is 11.3 Å². The first kappa shape index (κ1) is 13.0. The molecule has 0 spiro atoms. The van der Waals surface area contributed by atoms with Crippen molar-refractivity contribution in [2.24, 2.45) is 0 Å². The maximum absolute atomic E-state index is 12.1. The molecule has 0 aromatic heterocycles. The van der Waals surface area contributed by atoms with Crippen molar-refractivity contribution in [2.45, 2.75) is 45.2 Å². The van der Waals surface area contributed by atoms with Gasteiger partial charge in [-0.05, 0) is 33.7 Å². The number of rotatable bonds is 4. The van der Waals surface area contributed by atoms with Crippen LogP contribution in [0.4, 0.5) is 0 Å². The third-order valence-corrected chi connectivity index (χ3v) is 3.47. The summed E-state index contributed by atoms with van der Waals surface area (Å²) in [5.74, 6) is 0.199. The Balaban J connectivity index is 2.52. The van der Waals surface area contributed by atoms with E-state index in [4.69, 9.17) is 5.26 Å². The highest BCUT2D eigenvalue weighted by Gasteiger charge is 2.27. The molecule has 2 unspecified atom stereocenters. The lowest BCUT2D eigenvalue weighted by Crippen LogP contribution is -2.47. The Morgan fingerprint density at radius 2 is 2.00 bits per heavy atom. The second-order valence-electron chi connectivity index (χ2n) is 4.59. The number of carbonyl (C=O) groups is 1. The fraction of sp³-hybridized carbons (Fsp3) is 0.833. The molecule has 0 bridgehead atoms. The summed E-state index contributed by atoms with van der Waals surface area (Å²) in [4.78, 5) is 16.0. The fourth-order valence-electron chi connectivity index (χ4n) is 2.03. The number of nitrogens with zero attached hydrogens (tertiary/aromatic N) is 3. The summed E-state index contributed by atoms with van der Waals surface area (Å²) in [6.45, 7) is 5.69. The summed E-state index contributed by atoms with van der Waals surface area (Å²) in [7, 11) is 1.92. The molecule has 0 aromatic rings. The van der Waals surface area contributed by atoms with E-state index in [2.05, 4.69) is 6.07 Å². The molecular weight excluding hydrogens is 202 g/mol. The lowest BCUT2D eigenvalue weighted by Gasteiger charge is -2.31. The zero-order chi connectivity index (χ0) is 12.1. The molecule has 1 aliphatic heterocycles. The van der Waals surface area contributed by atoms with Crippen molar-refractivity contribution in [3.05, 3.63) is 0 Å². The summed E-state index contributed by atoms with van der Waals surface area (Å²) < 4.78 is 0. The zero-order valence-electron chi connectivity index (χ0n) is 10.4. The average Bonchev–Trinajstić information content (AvgIpc) is 2.79. The Labute approximate surface area is 97.8 Å². The summed E-state index contributed by atoms with van der Waals surface area (Å²) in [6, 6.07) is 2.15. The number of nitriles is 1. The van der Waals surface area contributed by atoms with Gasteiger partial charge in [0, 0.05) is 19.1 Å². The molecule has 1 saturated heterocycles. The highest BCUT2D eigenvalue weighted by Crippen LogP contribution is 2.13. The zero-order valence-corrected chi connectivity index (χ0v) is 10.4. The Kier molecular flexibility index (Phi) is 4.75. The monoisotopic (exact) mass is 223 g/mol. The second kappa shape index (κ2) is 5.86. The number of hydrogen-bond acceptors (Lipinski definition) is 3. The SMILES string of the molecule is CC(CC#N)N(C)C(C)C(=O)N1CCCC1. The van der Waals surface area contributed by atoms with E-state index in [1.165, 1.54) is 0 Å². The van der Waals surface area contributed by atoms with Gasteiger partial charge in [0.1, 0.15) is 0 Å². The molecule has 0 N–H and O–H groups in total. The van der Waals surface area contributed by atoms with Crippen molar-refractivity contribution in [1.82, 2.24) is 9.80 Å². The van der Waals surface area contributed by atoms with Crippen LogP contribution in [0.25, 0.3) is 0 Å². The molecule has 0 aliphatic carbocycles. The van der Waals surface area contributed by atoms with Crippen molar-refractivity contribution in [3.63, 3.8) is 0 Å². The third-order valence-electron chi connectivity index (χ3n) is 3.47. The van der Waals surface area contributed by atoms with Gasteiger partial charge in [0.05, 0.1) is 18.5 Å². The van der Waals surface area contributed by atoms with Crippen molar-refractivity contribution >= 4 is 5.91 Å². The van der Waals surface area contributed by atoms with E-state index in [9.17, 15) is 4.79 Å². The third kappa shape index (κ3) is 2.96. The van der Waals surface area contributed by atoms with Crippen molar-refractivity contribution in [1.29, 1.82) is 5.26 Å². The minimum Gasteiger partial charge on any atom is -0.341 e. The number of amides is 1. The lowest BCUT2D eigenvalue weighted by molar-refractivity contribution is -0.135. The van der Waals surface area contributed by atoms with Gasteiger partial charge in [0.2, 0.25) is 5.91 Å². The molecule has 2 atom stereocenters. The van der Waals surface area contributed by atoms with E-state index < -0.39 is 0 Å². The molecule has 1 aliphatic rings. The van der Waals surface area contributed by atoms with Crippen molar-refractivity contribution < 1.29 is 4.79 Å². The summed E-state index contributed by atoms with van der Waals surface area (Å²) in [5, 5.41) is 8.65. The summed E-state index contributed by atoms with van der Waals surface area (Å²) in [6.07, 6.45) is 2.71. The molecule has 1 fully saturated rings. The Morgan fingerprint density at radius 1 is 1.44 bits per heavy atom. The van der Waals surface area contributed by atoms with Crippen molar-refractivity contribution in [2.75, 3.05) is 20.1 Å². The van der Waals surface area contributed by atoms with E-state index in [0.717, 1.165) is 25.9 Å². The van der Waals surface area contributed by atoms with E-state index in [0.29, 0.717) is 6.42 Å². The topological polar surface area (TPSA) is 47.3 Å². The predicted octanol–water partition coefficient (Wildman–Crippen LogP) is 1.23. The Bertz CT molecular complexity index is 278. The number of carbonyl (C=O) groups excluding carboxylic acids is 1. The first-order chi connectivity index (χ1) is 7.57. The molecule has 4 heteroatoms. The van der Waals surface area contributed by atoms with E-state index >= 15 is 0 Å². The van der Waals surface area contributed by atoms with Gasteiger partial charge in [0.15, 0.2) is 0 Å². The largest absolute Gasteiger partial charge is 0.341 e.